The molecule has 0 unspecified atom stereocenters. The van der Waals surface area contributed by atoms with E-state index in [9.17, 15) is 0 Å². The second-order valence-electron chi connectivity index (χ2n) is 6.94. The summed E-state index contributed by atoms with van der Waals surface area (Å²) < 4.78 is 2.04. The highest BCUT2D eigenvalue weighted by molar-refractivity contribution is 4.95. The third-order valence-corrected chi connectivity index (χ3v) is 4.59. The molecule has 0 aromatic carbocycles. The summed E-state index contributed by atoms with van der Waals surface area (Å²) in [5.41, 5.74) is 0. The molecule has 0 aliphatic carbocycles. The predicted molar refractivity (Wildman–Crippen MR) is 88.6 cm³/mol. The maximum Gasteiger partial charge on any atom is 0.168 e. The fraction of sp³-hybridized carbons (Fsp3) is 0.938. The van der Waals surface area contributed by atoms with Gasteiger partial charge < -0.3 is 4.90 Å². The summed E-state index contributed by atoms with van der Waals surface area (Å²) in [5, 5.41) is 12.6. The molecule has 126 valence electrons. The van der Waals surface area contributed by atoms with Crippen molar-refractivity contribution in [3.63, 3.8) is 0 Å². The quantitative estimate of drug-likeness (QED) is 0.737. The molecular formula is C16H32N6. The van der Waals surface area contributed by atoms with Gasteiger partial charge in [-0.2, -0.15) is 0 Å². The Bertz CT molecular complexity index is 422. The molecule has 0 amide bonds. The van der Waals surface area contributed by atoms with Gasteiger partial charge in [-0.25, -0.2) is 4.68 Å². The van der Waals surface area contributed by atoms with E-state index >= 15 is 0 Å². The van der Waals surface area contributed by atoms with Crippen LogP contribution < -0.4 is 0 Å². The van der Waals surface area contributed by atoms with Gasteiger partial charge in [0, 0.05) is 32.7 Å². The largest absolute Gasteiger partial charge is 0.304 e. The summed E-state index contributed by atoms with van der Waals surface area (Å²) in [6.07, 6.45) is 4.73. The van der Waals surface area contributed by atoms with Crippen LogP contribution in [0.15, 0.2) is 0 Å². The highest BCUT2D eigenvalue weighted by Gasteiger charge is 2.27. The molecule has 0 saturated carbocycles. The molecule has 6 nitrogen and oxygen atoms in total. The minimum atomic E-state index is 0.371. The molecule has 1 aliphatic rings. The molecule has 0 bridgehead atoms. The molecular weight excluding hydrogens is 276 g/mol. The molecule has 6 heteroatoms. The molecule has 1 saturated heterocycles. The van der Waals surface area contributed by atoms with E-state index < -0.39 is 0 Å². The molecule has 1 atom stereocenters. The lowest BCUT2D eigenvalue weighted by Gasteiger charge is -2.37. The number of likely N-dealkylation sites (N-methyl/N-ethyl adjacent to an activating group) is 1. The molecule has 1 aromatic rings. The van der Waals surface area contributed by atoms with E-state index in [1.54, 1.807) is 0 Å². The van der Waals surface area contributed by atoms with Crippen molar-refractivity contribution in [1.29, 1.82) is 0 Å². The maximum absolute atomic E-state index is 4.39. The normalized spacial score (nSPS) is 19.0. The average molecular weight is 308 g/mol. The van der Waals surface area contributed by atoms with Gasteiger partial charge in [-0.15, -0.1) is 5.10 Å². The van der Waals surface area contributed by atoms with Crippen LogP contribution in [0.4, 0.5) is 0 Å². The minimum Gasteiger partial charge on any atom is -0.304 e. The second kappa shape index (κ2) is 8.58. The zero-order chi connectivity index (χ0) is 15.9. The summed E-state index contributed by atoms with van der Waals surface area (Å²) in [6.45, 7) is 12.2. The van der Waals surface area contributed by atoms with Gasteiger partial charge in [-0.3, -0.25) is 4.90 Å². The van der Waals surface area contributed by atoms with Crippen LogP contribution in [0.3, 0.4) is 0 Å². The van der Waals surface area contributed by atoms with Gasteiger partial charge in [-0.1, -0.05) is 33.6 Å². The van der Waals surface area contributed by atoms with Crippen molar-refractivity contribution in [2.75, 3.05) is 33.2 Å². The molecule has 0 radical (unpaired) electrons. The molecule has 22 heavy (non-hydrogen) atoms. The Morgan fingerprint density at radius 1 is 1.09 bits per heavy atom. The Morgan fingerprint density at radius 3 is 2.45 bits per heavy atom. The summed E-state index contributed by atoms with van der Waals surface area (Å²) in [6, 6.07) is 0.371. The molecule has 2 rings (SSSR count). The van der Waals surface area contributed by atoms with E-state index in [0.29, 0.717) is 12.0 Å². The first-order valence-corrected chi connectivity index (χ1v) is 8.80. The lowest BCUT2D eigenvalue weighted by Crippen LogP contribution is -2.46. The van der Waals surface area contributed by atoms with Crippen molar-refractivity contribution in [2.45, 2.75) is 59.0 Å². The number of tetrazole rings is 1. The Balaban J connectivity index is 2.09. The van der Waals surface area contributed by atoms with Crippen LogP contribution in [0.5, 0.6) is 0 Å². The first kappa shape index (κ1) is 17.3. The number of unbranched alkanes of at least 4 members (excludes halogenated alkanes) is 1. The minimum absolute atomic E-state index is 0.371. The van der Waals surface area contributed by atoms with Crippen molar-refractivity contribution in [1.82, 2.24) is 30.0 Å². The van der Waals surface area contributed by atoms with Crippen LogP contribution in [0.2, 0.25) is 0 Å². The number of aryl methyl sites for hydroxylation is 1. The smallest absolute Gasteiger partial charge is 0.168 e. The van der Waals surface area contributed by atoms with Crippen molar-refractivity contribution in [3.05, 3.63) is 5.82 Å². The Labute approximate surface area is 134 Å². The van der Waals surface area contributed by atoms with Gasteiger partial charge >= 0.3 is 0 Å². The Hall–Kier alpha value is -1.01. The van der Waals surface area contributed by atoms with Crippen molar-refractivity contribution in [2.24, 2.45) is 5.92 Å². The zero-order valence-electron chi connectivity index (χ0n) is 14.7. The highest BCUT2D eigenvalue weighted by atomic mass is 15.5. The van der Waals surface area contributed by atoms with E-state index in [0.717, 1.165) is 51.4 Å². The third kappa shape index (κ3) is 4.74. The summed E-state index contributed by atoms with van der Waals surface area (Å²) in [5.74, 6) is 1.74. The molecule has 1 fully saturated rings. The van der Waals surface area contributed by atoms with E-state index in [1.165, 1.54) is 12.8 Å². The van der Waals surface area contributed by atoms with Crippen molar-refractivity contribution in [3.8, 4) is 0 Å². The van der Waals surface area contributed by atoms with Gasteiger partial charge in [0.1, 0.15) is 0 Å². The number of aromatic nitrogens is 4. The SMILES string of the molecule is CCCC[C@@H](c1nnnn1CCC(C)C)N1CCN(C)CC1. The van der Waals surface area contributed by atoms with Gasteiger partial charge in [-0.05, 0) is 36.2 Å². The number of piperazine rings is 1. The highest BCUT2D eigenvalue weighted by Crippen LogP contribution is 2.25. The topological polar surface area (TPSA) is 50.1 Å². The van der Waals surface area contributed by atoms with Crippen LogP contribution in [0.1, 0.15) is 58.3 Å². The Kier molecular flexibility index (Phi) is 6.76. The van der Waals surface area contributed by atoms with Gasteiger partial charge in [0.05, 0.1) is 6.04 Å². The summed E-state index contributed by atoms with van der Waals surface area (Å²) in [7, 11) is 2.20. The first-order valence-electron chi connectivity index (χ1n) is 8.80. The van der Waals surface area contributed by atoms with Gasteiger partial charge in [0.25, 0.3) is 0 Å². The van der Waals surface area contributed by atoms with Crippen molar-refractivity contribution >= 4 is 0 Å². The fourth-order valence-electron chi connectivity index (χ4n) is 3.00. The van der Waals surface area contributed by atoms with Crippen LogP contribution in [-0.2, 0) is 6.54 Å². The monoisotopic (exact) mass is 308 g/mol. The summed E-state index contributed by atoms with van der Waals surface area (Å²) in [4.78, 5) is 4.97. The zero-order valence-corrected chi connectivity index (χ0v) is 14.7. The van der Waals surface area contributed by atoms with Crippen LogP contribution in [0.25, 0.3) is 0 Å². The second-order valence-corrected chi connectivity index (χ2v) is 6.94. The van der Waals surface area contributed by atoms with E-state index in [-0.39, 0.29) is 0 Å². The number of hydrogen-bond acceptors (Lipinski definition) is 5. The van der Waals surface area contributed by atoms with Crippen molar-refractivity contribution < 1.29 is 0 Å². The van der Waals surface area contributed by atoms with Crippen LogP contribution >= 0.6 is 0 Å². The van der Waals surface area contributed by atoms with E-state index in [1.807, 2.05) is 4.68 Å². The average Bonchev–Trinajstić information content (AvgIpc) is 2.95. The van der Waals surface area contributed by atoms with Crippen LogP contribution in [0, 0.1) is 5.92 Å². The maximum atomic E-state index is 4.39. The lowest BCUT2D eigenvalue weighted by atomic mass is 10.1. The third-order valence-electron chi connectivity index (χ3n) is 4.59. The lowest BCUT2D eigenvalue weighted by molar-refractivity contribution is 0.0983. The molecule has 0 N–H and O–H groups in total. The van der Waals surface area contributed by atoms with Crippen LogP contribution in [-0.4, -0.2) is 63.2 Å². The molecule has 0 spiro atoms. The van der Waals surface area contributed by atoms with E-state index in [2.05, 4.69) is 53.1 Å². The van der Waals surface area contributed by atoms with Gasteiger partial charge in [0.2, 0.25) is 0 Å². The Morgan fingerprint density at radius 2 is 1.82 bits per heavy atom. The molecule has 2 heterocycles. The number of nitrogens with zero attached hydrogens (tertiary/aromatic N) is 6. The van der Waals surface area contributed by atoms with Gasteiger partial charge in [0.15, 0.2) is 5.82 Å². The predicted octanol–water partition coefficient (Wildman–Crippen LogP) is 2.20. The molecule has 1 aromatic heterocycles. The standard InChI is InChI=1S/C16H32N6/c1-5-6-7-15(21-12-10-20(4)11-13-21)16-17-18-19-22(16)9-8-14(2)3/h14-15H,5-13H2,1-4H3/t15-/m0/s1. The molecule has 1 aliphatic heterocycles. The fourth-order valence-corrected chi connectivity index (χ4v) is 3.00. The number of rotatable bonds is 8. The van der Waals surface area contributed by atoms with E-state index in [4.69, 9.17) is 0 Å². The first-order chi connectivity index (χ1) is 10.6. The number of hydrogen-bond donors (Lipinski definition) is 0. The summed E-state index contributed by atoms with van der Waals surface area (Å²) >= 11 is 0.